The monoisotopic (exact) mass is 312 g/mol. The number of hydrogen-bond acceptors (Lipinski definition) is 3. The summed E-state index contributed by atoms with van der Waals surface area (Å²) in [5.41, 5.74) is 0.996. The van der Waals surface area contributed by atoms with Crippen LogP contribution < -0.4 is 10.6 Å². The fraction of sp³-hybridized carbons (Fsp3) is 0.562. The predicted octanol–water partition coefficient (Wildman–Crippen LogP) is 2.92. The van der Waals surface area contributed by atoms with E-state index < -0.39 is 0 Å². The second kappa shape index (κ2) is 9.77. The standard InChI is InChI=1S/C16H25ClN2O2/c1-4-21-11-7-10-18-16(20)13(3)19-12(2)14-8-5-6-9-15(14)17/h5-6,8-9,12-13,19H,4,7,10-11H2,1-3H3,(H,18,20). The molecular weight excluding hydrogens is 288 g/mol. The normalized spacial score (nSPS) is 13.7. The van der Waals surface area contributed by atoms with Crippen molar-refractivity contribution in [2.75, 3.05) is 19.8 Å². The van der Waals surface area contributed by atoms with Crippen LogP contribution in [0.15, 0.2) is 24.3 Å². The van der Waals surface area contributed by atoms with Crippen LogP contribution in [0.1, 0.15) is 38.8 Å². The summed E-state index contributed by atoms with van der Waals surface area (Å²) in [6, 6.07) is 7.40. The average Bonchev–Trinajstić information content (AvgIpc) is 2.47. The Kier molecular flexibility index (Phi) is 8.35. The Balaban J connectivity index is 2.36. The van der Waals surface area contributed by atoms with Crippen LogP contribution in [0.2, 0.25) is 5.02 Å². The van der Waals surface area contributed by atoms with E-state index >= 15 is 0 Å². The highest BCUT2D eigenvalue weighted by Gasteiger charge is 2.17. The first kappa shape index (κ1) is 18.0. The molecule has 2 atom stereocenters. The minimum absolute atomic E-state index is 0.00889. The van der Waals surface area contributed by atoms with Crippen LogP contribution in [-0.4, -0.2) is 31.7 Å². The van der Waals surface area contributed by atoms with E-state index in [4.69, 9.17) is 16.3 Å². The zero-order chi connectivity index (χ0) is 15.7. The molecule has 0 radical (unpaired) electrons. The van der Waals surface area contributed by atoms with E-state index in [2.05, 4.69) is 10.6 Å². The predicted molar refractivity (Wildman–Crippen MR) is 86.6 cm³/mol. The van der Waals surface area contributed by atoms with Crippen molar-refractivity contribution in [3.05, 3.63) is 34.9 Å². The third-order valence-corrected chi connectivity index (χ3v) is 3.58. The van der Waals surface area contributed by atoms with Gasteiger partial charge in [-0.15, -0.1) is 0 Å². The van der Waals surface area contributed by atoms with E-state index in [-0.39, 0.29) is 18.0 Å². The smallest absolute Gasteiger partial charge is 0.236 e. The van der Waals surface area contributed by atoms with E-state index in [0.29, 0.717) is 24.8 Å². The number of nitrogens with one attached hydrogen (secondary N) is 2. The Morgan fingerprint density at radius 3 is 2.71 bits per heavy atom. The molecule has 2 unspecified atom stereocenters. The zero-order valence-corrected chi connectivity index (χ0v) is 13.7. The van der Waals surface area contributed by atoms with E-state index in [1.807, 2.05) is 45.0 Å². The average molecular weight is 313 g/mol. The van der Waals surface area contributed by atoms with Crippen molar-refractivity contribution >= 4 is 17.5 Å². The minimum atomic E-state index is -0.275. The molecule has 0 aliphatic carbocycles. The Morgan fingerprint density at radius 1 is 1.33 bits per heavy atom. The van der Waals surface area contributed by atoms with Gasteiger partial charge in [-0.2, -0.15) is 0 Å². The van der Waals surface area contributed by atoms with Gasteiger partial charge in [0.2, 0.25) is 5.91 Å². The first-order valence-electron chi connectivity index (χ1n) is 7.42. The van der Waals surface area contributed by atoms with Crippen LogP contribution in [0.4, 0.5) is 0 Å². The Labute approximate surface area is 132 Å². The summed E-state index contributed by atoms with van der Waals surface area (Å²) < 4.78 is 5.23. The summed E-state index contributed by atoms with van der Waals surface area (Å²) in [5.74, 6) is -0.00889. The van der Waals surface area contributed by atoms with Gasteiger partial charge in [0.25, 0.3) is 0 Å². The van der Waals surface area contributed by atoms with Gasteiger partial charge in [0, 0.05) is 30.8 Å². The van der Waals surface area contributed by atoms with Gasteiger partial charge in [-0.1, -0.05) is 29.8 Å². The highest BCUT2D eigenvalue weighted by molar-refractivity contribution is 6.31. The van der Waals surface area contributed by atoms with Crippen molar-refractivity contribution < 1.29 is 9.53 Å². The maximum atomic E-state index is 12.0. The topological polar surface area (TPSA) is 50.4 Å². The summed E-state index contributed by atoms with van der Waals surface area (Å²) in [7, 11) is 0. The lowest BCUT2D eigenvalue weighted by atomic mass is 10.1. The molecule has 21 heavy (non-hydrogen) atoms. The fourth-order valence-corrected chi connectivity index (χ4v) is 2.35. The van der Waals surface area contributed by atoms with Crippen molar-refractivity contribution in [2.24, 2.45) is 0 Å². The number of ether oxygens (including phenoxy) is 1. The van der Waals surface area contributed by atoms with Gasteiger partial charge in [-0.25, -0.2) is 0 Å². The summed E-state index contributed by atoms with van der Waals surface area (Å²) >= 11 is 6.16. The molecule has 0 aromatic heterocycles. The highest BCUT2D eigenvalue weighted by atomic mass is 35.5. The lowest BCUT2D eigenvalue weighted by molar-refractivity contribution is -0.122. The molecule has 118 valence electrons. The molecule has 0 aliphatic rings. The molecule has 2 N–H and O–H groups in total. The van der Waals surface area contributed by atoms with Crippen molar-refractivity contribution in [3.63, 3.8) is 0 Å². The second-order valence-electron chi connectivity index (χ2n) is 4.97. The van der Waals surface area contributed by atoms with E-state index in [1.54, 1.807) is 0 Å². The second-order valence-corrected chi connectivity index (χ2v) is 5.38. The number of benzene rings is 1. The molecule has 0 aliphatic heterocycles. The minimum Gasteiger partial charge on any atom is -0.382 e. The van der Waals surface area contributed by atoms with Gasteiger partial charge < -0.3 is 10.1 Å². The molecular formula is C16H25ClN2O2. The zero-order valence-electron chi connectivity index (χ0n) is 13.0. The van der Waals surface area contributed by atoms with Crippen molar-refractivity contribution in [3.8, 4) is 0 Å². The number of hydrogen-bond donors (Lipinski definition) is 2. The molecule has 0 spiro atoms. The summed E-state index contributed by atoms with van der Waals surface area (Å²) in [4.78, 5) is 12.0. The first-order chi connectivity index (χ1) is 10.1. The molecule has 0 heterocycles. The van der Waals surface area contributed by atoms with Gasteiger partial charge in [0.05, 0.1) is 6.04 Å². The quantitative estimate of drug-likeness (QED) is 0.689. The Bertz CT molecular complexity index is 440. The number of carbonyl (C=O) groups is 1. The van der Waals surface area contributed by atoms with Crippen LogP contribution >= 0.6 is 11.6 Å². The van der Waals surface area contributed by atoms with Crippen molar-refractivity contribution in [2.45, 2.75) is 39.3 Å². The number of halogens is 1. The lowest BCUT2D eigenvalue weighted by Gasteiger charge is -2.20. The largest absolute Gasteiger partial charge is 0.382 e. The molecule has 0 saturated heterocycles. The van der Waals surface area contributed by atoms with Crippen molar-refractivity contribution in [1.82, 2.24) is 10.6 Å². The van der Waals surface area contributed by atoms with Gasteiger partial charge in [-0.3, -0.25) is 10.1 Å². The van der Waals surface area contributed by atoms with Crippen LogP contribution in [0.25, 0.3) is 0 Å². The first-order valence-corrected chi connectivity index (χ1v) is 7.80. The SMILES string of the molecule is CCOCCCNC(=O)C(C)NC(C)c1ccccc1Cl. The van der Waals surface area contributed by atoms with Crippen LogP contribution in [0, 0.1) is 0 Å². The van der Waals surface area contributed by atoms with Gasteiger partial charge in [-0.05, 0) is 38.8 Å². The van der Waals surface area contributed by atoms with E-state index in [0.717, 1.165) is 12.0 Å². The number of rotatable bonds is 9. The lowest BCUT2D eigenvalue weighted by Crippen LogP contribution is -2.43. The summed E-state index contributed by atoms with van der Waals surface area (Å²) in [6.07, 6.45) is 0.826. The molecule has 1 amide bonds. The molecule has 1 rings (SSSR count). The molecule has 5 heteroatoms. The molecule has 0 fully saturated rings. The maximum absolute atomic E-state index is 12.0. The molecule has 4 nitrogen and oxygen atoms in total. The van der Waals surface area contributed by atoms with E-state index in [9.17, 15) is 4.79 Å². The summed E-state index contributed by atoms with van der Waals surface area (Å²) in [5, 5.41) is 6.87. The van der Waals surface area contributed by atoms with Gasteiger partial charge in [0.15, 0.2) is 0 Å². The Morgan fingerprint density at radius 2 is 2.05 bits per heavy atom. The third kappa shape index (κ3) is 6.46. The maximum Gasteiger partial charge on any atom is 0.236 e. The summed E-state index contributed by atoms with van der Waals surface area (Å²) in [6.45, 7) is 7.83. The van der Waals surface area contributed by atoms with Crippen LogP contribution in [0.3, 0.4) is 0 Å². The molecule has 0 bridgehead atoms. The van der Waals surface area contributed by atoms with Crippen molar-refractivity contribution in [1.29, 1.82) is 0 Å². The van der Waals surface area contributed by atoms with Crippen LogP contribution in [-0.2, 0) is 9.53 Å². The van der Waals surface area contributed by atoms with Gasteiger partial charge in [0.1, 0.15) is 0 Å². The molecule has 1 aromatic carbocycles. The van der Waals surface area contributed by atoms with E-state index in [1.165, 1.54) is 0 Å². The third-order valence-electron chi connectivity index (χ3n) is 3.23. The number of carbonyl (C=O) groups excluding carboxylic acids is 1. The number of amides is 1. The highest BCUT2D eigenvalue weighted by Crippen LogP contribution is 2.22. The molecule has 1 aromatic rings. The van der Waals surface area contributed by atoms with Gasteiger partial charge >= 0.3 is 0 Å². The Hall–Kier alpha value is -1.10. The van der Waals surface area contributed by atoms with Crippen LogP contribution in [0.5, 0.6) is 0 Å². The fourth-order valence-electron chi connectivity index (χ4n) is 2.05. The molecule has 0 saturated carbocycles.